The number of nitrogens with zero attached hydrogens (tertiary/aromatic N) is 1. The molecule has 0 spiro atoms. The van der Waals surface area contributed by atoms with Gasteiger partial charge in [0.25, 0.3) is 0 Å². The minimum absolute atomic E-state index is 0.286. The number of ether oxygens (including phenoxy) is 2. The Bertz CT molecular complexity index is 639. The molecule has 1 aromatic heterocycles. The van der Waals surface area contributed by atoms with Gasteiger partial charge in [0.15, 0.2) is 0 Å². The quantitative estimate of drug-likeness (QED) is 0.632. The Morgan fingerprint density at radius 2 is 1.77 bits per heavy atom. The smallest absolute Gasteiger partial charge is 0.119 e. The number of aliphatic hydroxyl groups is 1. The molecule has 2 aromatic rings. The second-order valence-corrected chi connectivity index (χ2v) is 8.44. The van der Waals surface area contributed by atoms with E-state index in [9.17, 15) is 5.11 Å². The van der Waals surface area contributed by atoms with Crippen molar-refractivity contribution in [1.29, 1.82) is 0 Å². The van der Waals surface area contributed by atoms with E-state index in [1.54, 1.807) is 7.11 Å². The molecule has 5 heteroatoms. The molecule has 0 radical (unpaired) electrons. The lowest BCUT2D eigenvalue weighted by atomic mass is 10.1. The van der Waals surface area contributed by atoms with Crippen LogP contribution in [0.4, 0.5) is 0 Å². The van der Waals surface area contributed by atoms with Gasteiger partial charge in [-0.1, -0.05) is 13.8 Å². The Morgan fingerprint density at radius 1 is 1.08 bits per heavy atom. The first kappa shape index (κ1) is 20.7. The van der Waals surface area contributed by atoms with Crippen LogP contribution in [0.5, 0.6) is 11.5 Å². The summed E-state index contributed by atoms with van der Waals surface area (Å²) in [6.45, 7) is 9.35. The molecule has 26 heavy (non-hydrogen) atoms. The van der Waals surface area contributed by atoms with Gasteiger partial charge in [0.05, 0.1) is 7.11 Å². The van der Waals surface area contributed by atoms with Gasteiger partial charge in [-0.3, -0.25) is 4.90 Å². The van der Waals surface area contributed by atoms with Gasteiger partial charge < -0.3 is 14.6 Å². The summed E-state index contributed by atoms with van der Waals surface area (Å²) in [6, 6.07) is 11.8. The van der Waals surface area contributed by atoms with Crippen molar-refractivity contribution in [2.24, 2.45) is 5.92 Å². The fourth-order valence-electron chi connectivity index (χ4n) is 2.68. The Kier molecular flexibility index (Phi) is 8.42. The third-order valence-electron chi connectivity index (χ3n) is 4.17. The molecule has 0 aliphatic rings. The van der Waals surface area contributed by atoms with E-state index in [2.05, 4.69) is 37.8 Å². The zero-order valence-corrected chi connectivity index (χ0v) is 17.1. The lowest BCUT2D eigenvalue weighted by Gasteiger charge is -2.25. The van der Waals surface area contributed by atoms with Crippen molar-refractivity contribution in [3.05, 3.63) is 46.2 Å². The highest BCUT2D eigenvalue weighted by Gasteiger charge is 2.14. The van der Waals surface area contributed by atoms with Crippen molar-refractivity contribution in [3.8, 4) is 11.5 Å². The fraction of sp³-hybridized carbons (Fsp3) is 0.524. The summed E-state index contributed by atoms with van der Waals surface area (Å²) in [5.74, 6) is 2.19. The molecule has 4 nitrogen and oxygen atoms in total. The van der Waals surface area contributed by atoms with Gasteiger partial charge in [0.1, 0.15) is 24.2 Å². The predicted octanol–water partition coefficient (Wildman–Crippen LogP) is 4.35. The van der Waals surface area contributed by atoms with Crippen molar-refractivity contribution < 1.29 is 14.6 Å². The Labute approximate surface area is 161 Å². The van der Waals surface area contributed by atoms with E-state index in [0.29, 0.717) is 12.5 Å². The van der Waals surface area contributed by atoms with Crippen LogP contribution in [0, 0.1) is 12.8 Å². The molecule has 1 aromatic carbocycles. The molecule has 144 valence electrons. The van der Waals surface area contributed by atoms with E-state index in [1.807, 2.05) is 35.6 Å². The lowest BCUT2D eigenvalue weighted by Crippen LogP contribution is -2.36. The minimum atomic E-state index is -0.523. The highest BCUT2D eigenvalue weighted by Crippen LogP contribution is 2.19. The van der Waals surface area contributed by atoms with Crippen LogP contribution >= 0.6 is 11.3 Å². The standard InChI is InChI=1S/C21H31NO3S/c1-16(2)11-12-22(14-21-10-5-17(3)26-21)13-18(23)15-25-20-8-6-19(24-4)7-9-20/h5-10,16,18,23H,11-15H2,1-4H3. The molecule has 2 rings (SSSR count). The summed E-state index contributed by atoms with van der Waals surface area (Å²) >= 11 is 1.82. The number of aryl methyl sites for hydroxylation is 1. The van der Waals surface area contributed by atoms with Crippen molar-refractivity contribution in [3.63, 3.8) is 0 Å². The van der Waals surface area contributed by atoms with Gasteiger partial charge in [-0.2, -0.15) is 0 Å². The average molecular weight is 378 g/mol. The van der Waals surface area contributed by atoms with Gasteiger partial charge in [-0.05, 0) is 62.2 Å². The van der Waals surface area contributed by atoms with Crippen LogP contribution in [0.2, 0.25) is 0 Å². The topological polar surface area (TPSA) is 41.9 Å². The van der Waals surface area contributed by atoms with Crippen molar-refractivity contribution >= 4 is 11.3 Å². The number of thiophene rings is 1. The molecule has 0 aliphatic carbocycles. The SMILES string of the molecule is COc1ccc(OCC(O)CN(CCC(C)C)Cc2ccc(C)s2)cc1. The Morgan fingerprint density at radius 3 is 2.35 bits per heavy atom. The summed E-state index contributed by atoms with van der Waals surface area (Å²) < 4.78 is 10.9. The summed E-state index contributed by atoms with van der Waals surface area (Å²) in [5, 5.41) is 10.4. The van der Waals surface area contributed by atoms with E-state index >= 15 is 0 Å². The van der Waals surface area contributed by atoms with Gasteiger partial charge in [-0.15, -0.1) is 11.3 Å². The molecule has 0 bridgehead atoms. The number of methoxy groups -OCH3 is 1. The average Bonchev–Trinajstić information content (AvgIpc) is 3.03. The second-order valence-electron chi connectivity index (χ2n) is 7.07. The van der Waals surface area contributed by atoms with Gasteiger partial charge >= 0.3 is 0 Å². The highest BCUT2D eigenvalue weighted by molar-refractivity contribution is 7.11. The molecule has 1 unspecified atom stereocenters. The van der Waals surface area contributed by atoms with Crippen molar-refractivity contribution in [2.75, 3.05) is 26.8 Å². The lowest BCUT2D eigenvalue weighted by molar-refractivity contribution is 0.0642. The highest BCUT2D eigenvalue weighted by atomic mass is 32.1. The van der Waals surface area contributed by atoms with Gasteiger partial charge in [0.2, 0.25) is 0 Å². The van der Waals surface area contributed by atoms with Crippen LogP contribution in [-0.2, 0) is 6.54 Å². The zero-order valence-electron chi connectivity index (χ0n) is 16.3. The maximum Gasteiger partial charge on any atom is 0.119 e. The van der Waals surface area contributed by atoms with Crippen molar-refractivity contribution in [2.45, 2.75) is 39.8 Å². The van der Waals surface area contributed by atoms with Crippen LogP contribution in [0.3, 0.4) is 0 Å². The molecule has 0 aliphatic heterocycles. The van der Waals surface area contributed by atoms with E-state index in [1.165, 1.54) is 9.75 Å². The van der Waals surface area contributed by atoms with Crippen LogP contribution in [0.15, 0.2) is 36.4 Å². The summed E-state index contributed by atoms with van der Waals surface area (Å²) in [5.41, 5.74) is 0. The molecule has 0 saturated carbocycles. The predicted molar refractivity (Wildman–Crippen MR) is 108 cm³/mol. The number of benzene rings is 1. The summed E-state index contributed by atoms with van der Waals surface area (Å²) in [6.07, 6.45) is 0.599. The van der Waals surface area contributed by atoms with Crippen LogP contribution in [0.25, 0.3) is 0 Å². The molecule has 0 fully saturated rings. The summed E-state index contributed by atoms with van der Waals surface area (Å²) in [7, 11) is 1.64. The molecular weight excluding hydrogens is 346 g/mol. The normalized spacial score (nSPS) is 12.6. The van der Waals surface area contributed by atoms with Gasteiger partial charge in [0, 0.05) is 22.8 Å². The number of aliphatic hydroxyl groups excluding tert-OH is 1. The van der Waals surface area contributed by atoms with E-state index < -0.39 is 6.10 Å². The van der Waals surface area contributed by atoms with E-state index in [4.69, 9.17) is 9.47 Å². The van der Waals surface area contributed by atoms with Crippen molar-refractivity contribution in [1.82, 2.24) is 4.90 Å². The molecule has 1 N–H and O–H groups in total. The third-order valence-corrected chi connectivity index (χ3v) is 5.15. The van der Waals surface area contributed by atoms with Gasteiger partial charge in [-0.25, -0.2) is 0 Å². The number of hydrogen-bond donors (Lipinski definition) is 1. The summed E-state index contributed by atoms with van der Waals surface area (Å²) in [4.78, 5) is 4.99. The molecule has 0 amide bonds. The first-order chi connectivity index (χ1) is 12.5. The number of rotatable bonds is 11. The Hall–Kier alpha value is -1.56. The second kappa shape index (κ2) is 10.6. The number of hydrogen-bond acceptors (Lipinski definition) is 5. The largest absolute Gasteiger partial charge is 0.497 e. The maximum atomic E-state index is 10.4. The Balaban J connectivity index is 1.85. The van der Waals surface area contributed by atoms with Crippen LogP contribution in [-0.4, -0.2) is 42.9 Å². The molecule has 1 heterocycles. The molecule has 0 saturated heterocycles. The van der Waals surface area contributed by atoms with E-state index in [-0.39, 0.29) is 6.61 Å². The maximum absolute atomic E-state index is 10.4. The van der Waals surface area contributed by atoms with E-state index in [0.717, 1.165) is 31.0 Å². The first-order valence-electron chi connectivity index (χ1n) is 9.19. The first-order valence-corrected chi connectivity index (χ1v) is 10.0. The molecular formula is C21H31NO3S. The molecule has 1 atom stereocenters. The van der Waals surface area contributed by atoms with Crippen LogP contribution in [0.1, 0.15) is 30.0 Å². The van der Waals surface area contributed by atoms with Crippen LogP contribution < -0.4 is 9.47 Å². The fourth-order valence-corrected chi connectivity index (χ4v) is 3.61. The third kappa shape index (κ3) is 7.36. The zero-order chi connectivity index (χ0) is 18.9. The monoisotopic (exact) mass is 377 g/mol. The minimum Gasteiger partial charge on any atom is -0.497 e.